The molecule has 1 aromatic heterocycles. The van der Waals surface area contributed by atoms with Crippen LogP contribution in [0.25, 0.3) is 0 Å². The molecule has 0 atom stereocenters. The first-order valence-electron chi connectivity index (χ1n) is 10.7. The minimum atomic E-state index is -0.0607. The molecular formula is C21H29N3O3S. The highest BCUT2D eigenvalue weighted by Crippen LogP contribution is 2.41. The second-order valence-corrected chi connectivity index (χ2v) is 9.76. The van der Waals surface area contributed by atoms with E-state index in [0.717, 1.165) is 70.0 Å². The topological polar surface area (TPSA) is 53.1 Å². The molecule has 1 aliphatic carbocycles. The third-order valence-electron chi connectivity index (χ3n) is 6.92. The first-order chi connectivity index (χ1) is 13.7. The van der Waals surface area contributed by atoms with Crippen molar-refractivity contribution in [3.05, 3.63) is 22.4 Å². The Bertz CT molecular complexity index is 719. The molecule has 0 N–H and O–H groups in total. The van der Waals surface area contributed by atoms with Gasteiger partial charge < -0.3 is 19.4 Å². The number of rotatable bonds is 4. The number of hydrogen-bond donors (Lipinski definition) is 0. The van der Waals surface area contributed by atoms with Crippen LogP contribution in [-0.2, 0) is 4.74 Å². The Hall–Kier alpha value is -1.60. The monoisotopic (exact) mass is 403 g/mol. The van der Waals surface area contributed by atoms with Crippen LogP contribution in [-0.4, -0.2) is 77.6 Å². The van der Waals surface area contributed by atoms with Gasteiger partial charge >= 0.3 is 6.03 Å². The molecule has 0 aromatic carbocycles. The molecule has 28 heavy (non-hydrogen) atoms. The zero-order valence-corrected chi connectivity index (χ0v) is 17.2. The number of likely N-dealkylation sites (tertiary alicyclic amines) is 1. The predicted octanol–water partition coefficient (Wildman–Crippen LogP) is 3.05. The highest BCUT2D eigenvalue weighted by atomic mass is 32.1. The average molecular weight is 404 g/mol. The van der Waals surface area contributed by atoms with Gasteiger partial charge in [0.15, 0.2) is 0 Å². The lowest BCUT2D eigenvalue weighted by Gasteiger charge is -2.46. The number of ether oxygens (including phenoxy) is 1. The van der Waals surface area contributed by atoms with Crippen molar-refractivity contribution in [1.29, 1.82) is 0 Å². The minimum absolute atomic E-state index is 0.0607. The van der Waals surface area contributed by atoms with Gasteiger partial charge in [0.2, 0.25) is 0 Å². The van der Waals surface area contributed by atoms with Crippen molar-refractivity contribution in [2.45, 2.75) is 50.1 Å². The molecular weight excluding hydrogens is 374 g/mol. The summed E-state index contributed by atoms with van der Waals surface area (Å²) in [5.41, 5.74) is -0.0607. The maximum atomic E-state index is 13.4. The molecule has 7 heteroatoms. The van der Waals surface area contributed by atoms with Crippen LogP contribution in [0.5, 0.6) is 0 Å². The van der Waals surface area contributed by atoms with Gasteiger partial charge in [-0.3, -0.25) is 4.79 Å². The number of piperidine rings is 1. The molecule has 1 saturated carbocycles. The fourth-order valence-corrected chi connectivity index (χ4v) is 5.88. The number of urea groups is 1. The van der Waals surface area contributed by atoms with Gasteiger partial charge in [0.1, 0.15) is 0 Å². The van der Waals surface area contributed by atoms with E-state index < -0.39 is 0 Å². The lowest BCUT2D eigenvalue weighted by molar-refractivity contribution is -0.0152. The standard InChI is InChI=1S/C21H29N3O3S/c25-19(18-2-1-13-28-18)22-9-5-17(6-10-22)24-20(26)23(14-16-3-4-16)15-21(24)7-11-27-12-8-21/h1-2,13,16-17H,3-12,14-15H2. The lowest BCUT2D eigenvalue weighted by Crippen LogP contribution is -2.57. The summed E-state index contributed by atoms with van der Waals surface area (Å²) in [6.07, 6.45) is 6.17. The van der Waals surface area contributed by atoms with Crippen molar-refractivity contribution in [2.75, 3.05) is 39.4 Å². The van der Waals surface area contributed by atoms with Crippen LogP contribution in [0.15, 0.2) is 17.5 Å². The molecule has 0 radical (unpaired) electrons. The molecule has 3 amide bonds. The van der Waals surface area contributed by atoms with E-state index in [1.54, 1.807) is 0 Å². The maximum Gasteiger partial charge on any atom is 0.320 e. The van der Waals surface area contributed by atoms with Crippen LogP contribution >= 0.6 is 11.3 Å². The molecule has 1 spiro atoms. The molecule has 6 nitrogen and oxygen atoms in total. The molecule has 4 aliphatic rings. The number of carbonyl (C=O) groups excluding carboxylic acids is 2. The van der Waals surface area contributed by atoms with Crippen LogP contribution in [0.4, 0.5) is 4.79 Å². The first kappa shape index (κ1) is 18.4. The number of hydrogen-bond acceptors (Lipinski definition) is 4. The number of amides is 3. The molecule has 4 heterocycles. The third-order valence-corrected chi connectivity index (χ3v) is 7.78. The second-order valence-electron chi connectivity index (χ2n) is 8.81. The van der Waals surface area contributed by atoms with E-state index in [-0.39, 0.29) is 23.5 Å². The van der Waals surface area contributed by atoms with E-state index in [0.29, 0.717) is 5.92 Å². The van der Waals surface area contributed by atoms with Crippen LogP contribution in [0, 0.1) is 5.92 Å². The normalized spacial score (nSPS) is 25.7. The molecule has 3 saturated heterocycles. The van der Waals surface area contributed by atoms with Crippen molar-refractivity contribution in [2.24, 2.45) is 5.92 Å². The summed E-state index contributed by atoms with van der Waals surface area (Å²) in [7, 11) is 0. The summed E-state index contributed by atoms with van der Waals surface area (Å²) in [6, 6.07) is 4.30. The van der Waals surface area contributed by atoms with E-state index >= 15 is 0 Å². The van der Waals surface area contributed by atoms with Crippen molar-refractivity contribution in [1.82, 2.24) is 14.7 Å². The van der Waals surface area contributed by atoms with Gasteiger partial charge in [-0.05, 0) is 55.9 Å². The molecule has 0 bridgehead atoms. The molecule has 152 valence electrons. The highest BCUT2D eigenvalue weighted by Gasteiger charge is 2.53. The zero-order chi connectivity index (χ0) is 19.1. The molecule has 0 unspecified atom stereocenters. The SMILES string of the molecule is O=C(c1cccs1)N1CCC(N2C(=O)N(CC3CC3)CC23CCOCC3)CC1. The Morgan fingerprint density at radius 3 is 2.57 bits per heavy atom. The summed E-state index contributed by atoms with van der Waals surface area (Å²) in [5.74, 6) is 0.850. The van der Waals surface area contributed by atoms with Gasteiger partial charge in [-0.25, -0.2) is 4.79 Å². The smallest absolute Gasteiger partial charge is 0.320 e. The highest BCUT2D eigenvalue weighted by molar-refractivity contribution is 7.12. The third kappa shape index (κ3) is 3.32. The van der Waals surface area contributed by atoms with Gasteiger partial charge in [0.25, 0.3) is 5.91 Å². The summed E-state index contributed by atoms with van der Waals surface area (Å²) in [6.45, 7) is 4.75. The second kappa shape index (κ2) is 7.34. The minimum Gasteiger partial charge on any atom is -0.381 e. The Morgan fingerprint density at radius 2 is 1.93 bits per heavy atom. The Labute approximate surface area is 170 Å². The van der Waals surface area contributed by atoms with Crippen molar-refractivity contribution in [3.8, 4) is 0 Å². The summed E-state index contributed by atoms with van der Waals surface area (Å²) >= 11 is 1.50. The summed E-state index contributed by atoms with van der Waals surface area (Å²) in [4.78, 5) is 33.2. The fourth-order valence-electron chi connectivity index (χ4n) is 5.19. The van der Waals surface area contributed by atoms with E-state index in [9.17, 15) is 9.59 Å². The number of carbonyl (C=O) groups is 2. The van der Waals surface area contributed by atoms with Crippen LogP contribution in [0.3, 0.4) is 0 Å². The van der Waals surface area contributed by atoms with Crippen molar-refractivity contribution >= 4 is 23.3 Å². The van der Waals surface area contributed by atoms with Gasteiger partial charge in [0, 0.05) is 45.4 Å². The molecule has 1 aromatic rings. The van der Waals surface area contributed by atoms with Crippen LogP contribution < -0.4 is 0 Å². The van der Waals surface area contributed by atoms with E-state index in [1.807, 2.05) is 22.4 Å². The zero-order valence-electron chi connectivity index (χ0n) is 16.3. The van der Waals surface area contributed by atoms with Crippen molar-refractivity contribution in [3.63, 3.8) is 0 Å². The van der Waals surface area contributed by atoms with E-state index in [1.165, 1.54) is 24.2 Å². The predicted molar refractivity (Wildman–Crippen MR) is 108 cm³/mol. The first-order valence-corrected chi connectivity index (χ1v) is 11.5. The summed E-state index contributed by atoms with van der Waals surface area (Å²) in [5, 5.41) is 1.95. The van der Waals surface area contributed by atoms with E-state index in [4.69, 9.17) is 4.74 Å². The quantitative estimate of drug-likeness (QED) is 0.776. The molecule has 3 aliphatic heterocycles. The Balaban J connectivity index is 1.29. The Morgan fingerprint density at radius 1 is 1.18 bits per heavy atom. The largest absolute Gasteiger partial charge is 0.381 e. The van der Waals surface area contributed by atoms with Crippen molar-refractivity contribution < 1.29 is 14.3 Å². The Kier molecular flexibility index (Phi) is 4.83. The molecule has 5 rings (SSSR count). The fraction of sp³-hybridized carbons (Fsp3) is 0.714. The van der Waals surface area contributed by atoms with Gasteiger partial charge in [-0.15, -0.1) is 11.3 Å². The van der Waals surface area contributed by atoms with Crippen LogP contribution in [0.2, 0.25) is 0 Å². The number of thiophene rings is 1. The van der Waals surface area contributed by atoms with Crippen LogP contribution in [0.1, 0.15) is 48.2 Å². The maximum absolute atomic E-state index is 13.4. The number of nitrogens with zero attached hydrogens (tertiary/aromatic N) is 3. The van der Waals surface area contributed by atoms with Gasteiger partial charge in [-0.1, -0.05) is 6.07 Å². The average Bonchev–Trinajstić information content (AvgIpc) is 3.28. The van der Waals surface area contributed by atoms with E-state index in [2.05, 4.69) is 9.80 Å². The van der Waals surface area contributed by atoms with Gasteiger partial charge in [0.05, 0.1) is 10.4 Å². The lowest BCUT2D eigenvalue weighted by atomic mass is 9.86. The summed E-state index contributed by atoms with van der Waals surface area (Å²) < 4.78 is 5.64. The van der Waals surface area contributed by atoms with Gasteiger partial charge in [-0.2, -0.15) is 0 Å². The molecule has 4 fully saturated rings.